The van der Waals surface area contributed by atoms with Crippen LogP contribution in [-0.2, 0) is 13.7 Å². The largest absolute Gasteiger partial charge is 0.372 e. The Hall–Kier alpha value is 0.220. The summed E-state index contributed by atoms with van der Waals surface area (Å²) in [6, 6.07) is 0. The van der Waals surface area contributed by atoms with Crippen LogP contribution in [0.25, 0.3) is 0 Å². The average molecular weight is 305 g/mol. The molecular weight excluding hydrogens is 284 g/mol. The number of hydrogen-bond acceptors (Lipinski definition) is 5. The highest BCUT2D eigenvalue weighted by atomic mass is 31.2. The van der Waals surface area contributed by atoms with E-state index in [9.17, 15) is 19.1 Å². The van der Waals surface area contributed by atoms with Crippen LogP contribution in [0.5, 0.6) is 0 Å². The van der Waals surface area contributed by atoms with Gasteiger partial charge in [0.25, 0.3) is 5.08 Å². The Morgan fingerprint density at radius 1 is 1.17 bits per heavy atom. The molecule has 0 fully saturated rings. The SMILES string of the molecule is CC(C)(C)OP(=O)(O)C(O)(CCCN)P(=O)(O)O. The maximum Gasteiger partial charge on any atom is 0.372 e. The first-order valence-corrected chi connectivity index (χ1v) is 8.47. The van der Waals surface area contributed by atoms with E-state index in [4.69, 9.17) is 20.0 Å². The molecule has 0 aromatic rings. The zero-order chi connectivity index (χ0) is 14.8. The molecule has 0 aliphatic heterocycles. The second kappa shape index (κ2) is 5.69. The number of aliphatic hydroxyl groups is 1. The molecule has 0 saturated carbocycles. The van der Waals surface area contributed by atoms with Crippen molar-refractivity contribution in [1.29, 1.82) is 0 Å². The van der Waals surface area contributed by atoms with Gasteiger partial charge in [-0.25, -0.2) is 0 Å². The maximum atomic E-state index is 12.0. The molecule has 0 aliphatic rings. The van der Waals surface area contributed by atoms with Crippen molar-refractivity contribution in [1.82, 2.24) is 0 Å². The highest BCUT2D eigenvalue weighted by Crippen LogP contribution is 2.72. The quantitative estimate of drug-likeness (QED) is 0.446. The van der Waals surface area contributed by atoms with Gasteiger partial charge in [-0.3, -0.25) is 9.13 Å². The minimum atomic E-state index is -5.26. The zero-order valence-corrected chi connectivity index (χ0v) is 12.4. The Labute approximate surface area is 106 Å². The lowest BCUT2D eigenvalue weighted by Crippen LogP contribution is -2.33. The Morgan fingerprint density at radius 3 is 1.89 bits per heavy atom. The molecule has 8 nitrogen and oxygen atoms in total. The standard InChI is InChI=1S/C8H21NO7P2/c1-7(2,3)16-18(14,15)8(10,5-4-6-9)17(11,12)13/h10H,4-6,9H2,1-3H3,(H,14,15)(H2,11,12,13). The van der Waals surface area contributed by atoms with Crippen molar-refractivity contribution in [2.45, 2.75) is 44.3 Å². The van der Waals surface area contributed by atoms with Crippen LogP contribution in [0.2, 0.25) is 0 Å². The molecule has 0 aromatic heterocycles. The highest BCUT2D eigenvalue weighted by molar-refractivity contribution is 7.72. The molecule has 6 N–H and O–H groups in total. The molecule has 0 aromatic carbocycles. The first kappa shape index (κ1) is 18.2. The van der Waals surface area contributed by atoms with Gasteiger partial charge in [0.15, 0.2) is 0 Å². The van der Waals surface area contributed by atoms with Gasteiger partial charge in [0, 0.05) is 6.42 Å². The van der Waals surface area contributed by atoms with Crippen molar-refractivity contribution >= 4 is 15.2 Å². The van der Waals surface area contributed by atoms with Crippen LogP contribution >= 0.6 is 15.2 Å². The van der Waals surface area contributed by atoms with Crippen LogP contribution in [0, 0.1) is 0 Å². The molecule has 2 atom stereocenters. The number of nitrogens with two attached hydrogens (primary N) is 1. The van der Waals surface area contributed by atoms with Crippen LogP contribution < -0.4 is 5.73 Å². The van der Waals surface area contributed by atoms with Crippen molar-refractivity contribution in [3.8, 4) is 0 Å². The third kappa shape index (κ3) is 4.40. The summed E-state index contributed by atoms with van der Waals surface area (Å²) in [6.07, 6.45) is -0.655. The molecule has 18 heavy (non-hydrogen) atoms. The topological polar surface area (TPSA) is 150 Å². The first-order chi connectivity index (χ1) is 7.77. The van der Waals surface area contributed by atoms with Gasteiger partial charge in [-0.1, -0.05) is 0 Å². The Morgan fingerprint density at radius 2 is 1.61 bits per heavy atom. The van der Waals surface area contributed by atoms with Gasteiger partial charge in [0.05, 0.1) is 5.60 Å². The van der Waals surface area contributed by atoms with Crippen LogP contribution in [0.1, 0.15) is 33.6 Å². The molecule has 0 heterocycles. The van der Waals surface area contributed by atoms with E-state index in [0.29, 0.717) is 0 Å². The Kier molecular flexibility index (Phi) is 5.76. The molecule has 0 radical (unpaired) electrons. The summed E-state index contributed by atoms with van der Waals surface area (Å²) in [5.41, 5.74) is 4.03. The Balaban J connectivity index is 5.46. The molecular formula is C8H21NO7P2. The lowest BCUT2D eigenvalue weighted by atomic mass is 10.2. The fourth-order valence-electron chi connectivity index (χ4n) is 1.24. The summed E-state index contributed by atoms with van der Waals surface area (Å²) in [5.74, 6) is 0. The van der Waals surface area contributed by atoms with Gasteiger partial charge in [-0.15, -0.1) is 0 Å². The van der Waals surface area contributed by atoms with Gasteiger partial charge in [-0.05, 0) is 33.7 Å². The van der Waals surface area contributed by atoms with E-state index in [1.165, 1.54) is 20.8 Å². The van der Waals surface area contributed by atoms with Crippen LogP contribution in [0.4, 0.5) is 0 Å². The second-order valence-electron chi connectivity index (χ2n) is 4.93. The maximum absolute atomic E-state index is 12.0. The first-order valence-electron chi connectivity index (χ1n) is 5.28. The zero-order valence-electron chi connectivity index (χ0n) is 10.6. The molecule has 2 unspecified atom stereocenters. The fourth-order valence-corrected chi connectivity index (χ4v) is 4.45. The third-order valence-corrected chi connectivity index (χ3v) is 6.65. The van der Waals surface area contributed by atoms with Gasteiger partial charge in [-0.2, -0.15) is 0 Å². The smallest absolute Gasteiger partial charge is 0.368 e. The third-order valence-electron chi connectivity index (χ3n) is 2.03. The van der Waals surface area contributed by atoms with Crippen molar-refractivity contribution in [3.63, 3.8) is 0 Å². The van der Waals surface area contributed by atoms with E-state index in [2.05, 4.69) is 0 Å². The van der Waals surface area contributed by atoms with Crippen LogP contribution in [0.3, 0.4) is 0 Å². The van der Waals surface area contributed by atoms with Crippen molar-refractivity contribution in [2.24, 2.45) is 5.73 Å². The summed E-state index contributed by atoms with van der Waals surface area (Å²) in [6.45, 7) is 4.30. The van der Waals surface area contributed by atoms with Crippen molar-refractivity contribution in [2.75, 3.05) is 6.54 Å². The van der Waals surface area contributed by atoms with E-state index >= 15 is 0 Å². The number of rotatable bonds is 6. The Bertz CT molecular complexity index is 374. The molecule has 0 saturated heterocycles. The van der Waals surface area contributed by atoms with Gasteiger partial charge >= 0.3 is 15.2 Å². The predicted octanol–water partition coefficient (Wildman–Crippen LogP) is 0.550. The van der Waals surface area contributed by atoms with Gasteiger partial charge < -0.3 is 30.0 Å². The van der Waals surface area contributed by atoms with Crippen LogP contribution in [-0.4, -0.2) is 37.0 Å². The molecule has 0 amide bonds. The molecule has 110 valence electrons. The molecule has 10 heteroatoms. The predicted molar refractivity (Wildman–Crippen MR) is 65.9 cm³/mol. The average Bonchev–Trinajstić information content (AvgIpc) is 2.07. The van der Waals surface area contributed by atoms with E-state index in [-0.39, 0.29) is 13.0 Å². The fraction of sp³-hybridized carbons (Fsp3) is 1.00. The summed E-state index contributed by atoms with van der Waals surface area (Å²) in [4.78, 5) is 27.9. The van der Waals surface area contributed by atoms with Crippen molar-refractivity contribution < 1.29 is 33.4 Å². The van der Waals surface area contributed by atoms with Gasteiger partial charge in [0.2, 0.25) is 0 Å². The van der Waals surface area contributed by atoms with Gasteiger partial charge in [0.1, 0.15) is 0 Å². The lowest BCUT2D eigenvalue weighted by molar-refractivity contribution is 0.0598. The van der Waals surface area contributed by atoms with Crippen LogP contribution in [0.15, 0.2) is 0 Å². The molecule has 0 aliphatic carbocycles. The number of hydrogen-bond donors (Lipinski definition) is 5. The van der Waals surface area contributed by atoms with E-state index in [1.54, 1.807) is 0 Å². The minimum absolute atomic E-state index is 0.0117. The normalized spacial score (nSPS) is 20.2. The summed E-state index contributed by atoms with van der Waals surface area (Å²) in [7, 11) is -10.2. The molecule has 0 bridgehead atoms. The summed E-state index contributed by atoms with van der Waals surface area (Å²) in [5, 5.41) is 6.78. The molecule has 0 spiro atoms. The van der Waals surface area contributed by atoms with E-state index in [1.807, 2.05) is 0 Å². The van der Waals surface area contributed by atoms with Crippen molar-refractivity contribution in [3.05, 3.63) is 0 Å². The molecule has 0 rings (SSSR count). The summed E-state index contributed by atoms with van der Waals surface area (Å²) < 4.78 is 28.0. The lowest BCUT2D eigenvalue weighted by Gasteiger charge is -2.35. The van der Waals surface area contributed by atoms with E-state index in [0.717, 1.165) is 0 Å². The highest BCUT2D eigenvalue weighted by Gasteiger charge is 2.61. The van der Waals surface area contributed by atoms with E-state index < -0.39 is 32.3 Å². The monoisotopic (exact) mass is 305 g/mol. The second-order valence-corrected chi connectivity index (χ2v) is 9.08. The minimum Gasteiger partial charge on any atom is -0.368 e. The summed E-state index contributed by atoms with van der Waals surface area (Å²) >= 11 is 0.